The van der Waals surface area contributed by atoms with Crippen LogP contribution in [0.5, 0.6) is 0 Å². The Morgan fingerprint density at radius 2 is 2.11 bits per heavy atom. The summed E-state index contributed by atoms with van der Waals surface area (Å²) in [7, 11) is 0. The van der Waals surface area contributed by atoms with Crippen LogP contribution in [0.25, 0.3) is 0 Å². The van der Waals surface area contributed by atoms with E-state index >= 15 is 0 Å². The molecule has 4 nitrogen and oxygen atoms in total. The molecule has 1 atom stereocenters. The first-order chi connectivity index (χ1) is 9.11. The second kappa shape index (κ2) is 5.65. The highest BCUT2D eigenvalue weighted by Gasteiger charge is 2.24. The molecular formula is C14H15FN2O2. The Balaban J connectivity index is 2.26. The number of hydrogen-bond donors (Lipinski definition) is 1. The first-order valence-electron chi connectivity index (χ1n) is 6.10. The molecule has 0 aliphatic carbocycles. The molecule has 1 unspecified atom stereocenters. The molecule has 2 rings (SSSR count). The lowest BCUT2D eigenvalue weighted by Crippen LogP contribution is -2.19. The van der Waals surface area contributed by atoms with Crippen molar-refractivity contribution in [3.63, 3.8) is 0 Å². The Kier molecular flexibility index (Phi) is 3.94. The molecule has 0 aliphatic heterocycles. The molecule has 0 fully saturated rings. The van der Waals surface area contributed by atoms with Gasteiger partial charge in [0.05, 0.1) is 0 Å². The second-order valence-electron chi connectivity index (χ2n) is 4.29. The molecule has 1 heterocycles. The molecule has 100 valence electrons. The molecule has 0 saturated heterocycles. The van der Waals surface area contributed by atoms with Gasteiger partial charge in [0.15, 0.2) is 0 Å². The van der Waals surface area contributed by atoms with Gasteiger partial charge in [0, 0.05) is 18.9 Å². The maximum absolute atomic E-state index is 12.8. The molecule has 0 bridgehead atoms. The van der Waals surface area contributed by atoms with Crippen LogP contribution in [0.3, 0.4) is 0 Å². The standard InChI is InChI=1S/C14H15FN2O2/c1-2-17-8-7-16-13(17)12(14(18)19)9-10-3-5-11(15)6-4-10/h3-8,12H,2,9H2,1H3,(H,18,19). The van der Waals surface area contributed by atoms with Crippen LogP contribution in [0.2, 0.25) is 0 Å². The summed E-state index contributed by atoms with van der Waals surface area (Å²) in [5.74, 6) is -1.45. The van der Waals surface area contributed by atoms with Gasteiger partial charge in [-0.15, -0.1) is 0 Å². The summed E-state index contributed by atoms with van der Waals surface area (Å²) in [5.41, 5.74) is 0.777. The molecule has 1 N–H and O–H groups in total. The predicted molar refractivity (Wildman–Crippen MR) is 68.4 cm³/mol. The van der Waals surface area contributed by atoms with Gasteiger partial charge in [-0.1, -0.05) is 12.1 Å². The van der Waals surface area contributed by atoms with E-state index in [2.05, 4.69) is 4.98 Å². The Morgan fingerprint density at radius 3 is 2.68 bits per heavy atom. The second-order valence-corrected chi connectivity index (χ2v) is 4.29. The largest absolute Gasteiger partial charge is 0.481 e. The topological polar surface area (TPSA) is 55.1 Å². The quantitative estimate of drug-likeness (QED) is 0.900. The summed E-state index contributed by atoms with van der Waals surface area (Å²) in [5, 5.41) is 9.35. The normalized spacial score (nSPS) is 12.3. The van der Waals surface area contributed by atoms with Gasteiger partial charge >= 0.3 is 5.97 Å². The smallest absolute Gasteiger partial charge is 0.314 e. The lowest BCUT2D eigenvalue weighted by atomic mass is 9.98. The Morgan fingerprint density at radius 1 is 1.42 bits per heavy atom. The van der Waals surface area contributed by atoms with E-state index in [4.69, 9.17) is 0 Å². The number of imidazole rings is 1. The molecular weight excluding hydrogens is 247 g/mol. The van der Waals surface area contributed by atoms with Crippen molar-refractivity contribution in [3.05, 3.63) is 53.9 Å². The first kappa shape index (κ1) is 13.3. The number of carboxylic acids is 1. The number of carbonyl (C=O) groups is 1. The van der Waals surface area contributed by atoms with Crippen LogP contribution in [0.15, 0.2) is 36.7 Å². The minimum absolute atomic E-state index is 0.298. The van der Waals surface area contributed by atoms with E-state index in [0.717, 1.165) is 5.56 Å². The maximum Gasteiger partial charge on any atom is 0.314 e. The van der Waals surface area contributed by atoms with Gasteiger partial charge in [-0.05, 0) is 31.0 Å². The molecule has 0 aliphatic rings. The van der Waals surface area contributed by atoms with E-state index in [0.29, 0.717) is 18.8 Å². The van der Waals surface area contributed by atoms with Gasteiger partial charge in [0.25, 0.3) is 0 Å². The zero-order chi connectivity index (χ0) is 13.8. The number of nitrogens with zero attached hydrogens (tertiary/aromatic N) is 2. The molecule has 0 spiro atoms. The molecule has 5 heteroatoms. The van der Waals surface area contributed by atoms with Crippen molar-refractivity contribution in [3.8, 4) is 0 Å². The molecule has 1 aromatic carbocycles. The molecule has 1 aromatic heterocycles. The predicted octanol–water partition coefficient (Wildman–Crippen LogP) is 2.45. The molecule has 0 radical (unpaired) electrons. The fourth-order valence-electron chi connectivity index (χ4n) is 2.04. The fraction of sp³-hybridized carbons (Fsp3) is 0.286. The van der Waals surface area contributed by atoms with E-state index < -0.39 is 11.9 Å². The average Bonchev–Trinajstić information content (AvgIpc) is 2.85. The van der Waals surface area contributed by atoms with Crippen molar-refractivity contribution >= 4 is 5.97 Å². The summed E-state index contributed by atoms with van der Waals surface area (Å²) in [4.78, 5) is 15.5. The van der Waals surface area contributed by atoms with E-state index in [1.165, 1.54) is 12.1 Å². The Labute approximate surface area is 110 Å². The number of rotatable bonds is 5. The Bertz CT molecular complexity index is 563. The summed E-state index contributed by atoms with van der Waals surface area (Å²) >= 11 is 0. The third-order valence-electron chi connectivity index (χ3n) is 3.05. The van der Waals surface area contributed by atoms with Gasteiger partial charge in [-0.2, -0.15) is 0 Å². The SMILES string of the molecule is CCn1ccnc1C(Cc1ccc(F)cc1)C(=O)O. The zero-order valence-corrected chi connectivity index (χ0v) is 10.6. The summed E-state index contributed by atoms with van der Waals surface area (Å²) in [6.07, 6.45) is 3.65. The van der Waals surface area contributed by atoms with Crippen LogP contribution in [-0.4, -0.2) is 20.6 Å². The van der Waals surface area contributed by atoms with Crippen LogP contribution in [0.1, 0.15) is 24.2 Å². The van der Waals surface area contributed by atoms with Crippen molar-refractivity contribution in [2.45, 2.75) is 25.8 Å². The molecule has 0 saturated carbocycles. The zero-order valence-electron chi connectivity index (χ0n) is 10.6. The number of aliphatic carboxylic acids is 1. The average molecular weight is 262 g/mol. The summed E-state index contributed by atoms with van der Waals surface area (Å²) < 4.78 is 14.6. The molecule has 0 amide bonds. The molecule has 2 aromatic rings. The number of benzene rings is 1. The first-order valence-corrected chi connectivity index (χ1v) is 6.10. The van der Waals surface area contributed by atoms with Crippen LogP contribution < -0.4 is 0 Å². The van der Waals surface area contributed by atoms with Gasteiger partial charge in [0.2, 0.25) is 0 Å². The van der Waals surface area contributed by atoms with Crippen LogP contribution in [-0.2, 0) is 17.8 Å². The van der Waals surface area contributed by atoms with E-state index in [9.17, 15) is 14.3 Å². The van der Waals surface area contributed by atoms with E-state index in [-0.39, 0.29) is 5.82 Å². The highest BCUT2D eigenvalue weighted by Crippen LogP contribution is 2.20. The number of carboxylic acid groups (broad SMARTS) is 1. The van der Waals surface area contributed by atoms with Crippen LogP contribution in [0.4, 0.5) is 4.39 Å². The molecule has 19 heavy (non-hydrogen) atoms. The monoisotopic (exact) mass is 262 g/mol. The number of aromatic nitrogens is 2. The van der Waals surface area contributed by atoms with Gasteiger partial charge in [0.1, 0.15) is 17.6 Å². The summed E-state index contributed by atoms with van der Waals surface area (Å²) in [6.45, 7) is 2.60. The fourth-order valence-corrected chi connectivity index (χ4v) is 2.04. The highest BCUT2D eigenvalue weighted by molar-refractivity contribution is 5.75. The third-order valence-corrected chi connectivity index (χ3v) is 3.05. The van der Waals surface area contributed by atoms with Crippen LogP contribution in [0, 0.1) is 5.82 Å². The van der Waals surface area contributed by atoms with Gasteiger partial charge in [-0.3, -0.25) is 4.79 Å². The van der Waals surface area contributed by atoms with Gasteiger partial charge in [-0.25, -0.2) is 9.37 Å². The highest BCUT2D eigenvalue weighted by atomic mass is 19.1. The summed E-state index contributed by atoms with van der Waals surface area (Å²) in [6, 6.07) is 5.87. The Hall–Kier alpha value is -2.17. The van der Waals surface area contributed by atoms with Crippen molar-refractivity contribution in [1.82, 2.24) is 9.55 Å². The number of hydrogen-bond acceptors (Lipinski definition) is 2. The third kappa shape index (κ3) is 2.99. The van der Waals surface area contributed by atoms with Gasteiger partial charge < -0.3 is 9.67 Å². The number of halogens is 1. The maximum atomic E-state index is 12.8. The van der Waals surface area contributed by atoms with Crippen molar-refractivity contribution in [1.29, 1.82) is 0 Å². The van der Waals surface area contributed by atoms with Crippen LogP contribution >= 0.6 is 0 Å². The van der Waals surface area contributed by atoms with E-state index in [1.807, 2.05) is 11.5 Å². The minimum Gasteiger partial charge on any atom is -0.481 e. The van der Waals surface area contributed by atoms with Crippen molar-refractivity contribution < 1.29 is 14.3 Å². The lowest BCUT2D eigenvalue weighted by molar-refractivity contribution is -0.139. The van der Waals surface area contributed by atoms with Crippen molar-refractivity contribution in [2.75, 3.05) is 0 Å². The van der Waals surface area contributed by atoms with Crippen molar-refractivity contribution in [2.24, 2.45) is 0 Å². The number of aryl methyl sites for hydroxylation is 1. The lowest BCUT2D eigenvalue weighted by Gasteiger charge is -2.13. The van der Waals surface area contributed by atoms with E-state index in [1.54, 1.807) is 24.5 Å². The minimum atomic E-state index is -0.926.